The minimum absolute atomic E-state index is 0.0568. The fourth-order valence-electron chi connectivity index (χ4n) is 1.08. The molecule has 0 aromatic heterocycles. The smallest absolute Gasteiger partial charge is 0.411 e. The number of methoxy groups -OCH3 is 1. The predicted molar refractivity (Wildman–Crippen MR) is 59.1 cm³/mol. The van der Waals surface area contributed by atoms with Crippen molar-refractivity contribution in [3.8, 4) is 0 Å². The summed E-state index contributed by atoms with van der Waals surface area (Å²) in [6.07, 6.45) is 1.21. The Hall–Kier alpha value is -2.37. The van der Waals surface area contributed by atoms with Crippen LogP contribution in [0.2, 0.25) is 0 Å². The molecule has 17 heavy (non-hydrogen) atoms. The highest BCUT2D eigenvalue weighted by atomic mass is 19.1. The van der Waals surface area contributed by atoms with E-state index in [-0.39, 0.29) is 5.56 Å². The maximum Gasteiger partial charge on any atom is 0.411 e. The number of hydrogen-bond acceptors (Lipinski definition) is 3. The molecule has 0 aliphatic heterocycles. The van der Waals surface area contributed by atoms with Gasteiger partial charge >= 0.3 is 12.1 Å². The average Bonchev–Trinajstić information content (AvgIpc) is 2.29. The van der Waals surface area contributed by atoms with Crippen molar-refractivity contribution in [2.24, 2.45) is 0 Å². The first-order valence-electron chi connectivity index (χ1n) is 4.58. The Balaban J connectivity index is 2.94. The Labute approximate surface area is 96.5 Å². The summed E-state index contributed by atoms with van der Waals surface area (Å²) in [4.78, 5) is 21.2. The number of benzene rings is 1. The fraction of sp³-hybridized carbons (Fsp3) is 0.0909. The van der Waals surface area contributed by atoms with Crippen LogP contribution in [-0.4, -0.2) is 24.3 Å². The van der Waals surface area contributed by atoms with Crippen molar-refractivity contribution in [3.63, 3.8) is 0 Å². The van der Waals surface area contributed by atoms with Crippen LogP contribution in [0.4, 0.5) is 14.9 Å². The first-order valence-corrected chi connectivity index (χ1v) is 4.58. The summed E-state index contributed by atoms with van der Waals surface area (Å²) >= 11 is 0. The summed E-state index contributed by atoms with van der Waals surface area (Å²) in [5.74, 6) is -1.77. The molecule has 0 aliphatic rings. The zero-order valence-electron chi connectivity index (χ0n) is 8.94. The van der Waals surface area contributed by atoms with Crippen molar-refractivity contribution in [1.29, 1.82) is 0 Å². The van der Waals surface area contributed by atoms with Crippen LogP contribution >= 0.6 is 0 Å². The Morgan fingerprint density at radius 1 is 1.47 bits per heavy atom. The maximum absolute atomic E-state index is 13.3. The van der Waals surface area contributed by atoms with Crippen molar-refractivity contribution in [1.82, 2.24) is 0 Å². The van der Waals surface area contributed by atoms with Crippen LogP contribution in [0.1, 0.15) is 5.56 Å². The summed E-state index contributed by atoms with van der Waals surface area (Å²) in [5, 5.41) is 10.8. The monoisotopic (exact) mass is 239 g/mol. The lowest BCUT2D eigenvalue weighted by atomic mass is 10.1. The van der Waals surface area contributed by atoms with Crippen molar-refractivity contribution < 1.29 is 23.8 Å². The van der Waals surface area contributed by atoms with Crippen LogP contribution in [-0.2, 0) is 9.53 Å². The SMILES string of the molecule is COC(=O)Nc1ccc(F)c(/C=C/C(=O)O)c1. The molecular formula is C11H10FNO4. The molecule has 1 rings (SSSR count). The van der Waals surface area contributed by atoms with Gasteiger partial charge in [0.1, 0.15) is 5.82 Å². The topological polar surface area (TPSA) is 75.6 Å². The Morgan fingerprint density at radius 2 is 2.18 bits per heavy atom. The van der Waals surface area contributed by atoms with E-state index in [1.54, 1.807) is 0 Å². The van der Waals surface area contributed by atoms with E-state index in [0.717, 1.165) is 18.2 Å². The summed E-state index contributed by atoms with van der Waals surface area (Å²) in [6, 6.07) is 3.75. The average molecular weight is 239 g/mol. The standard InChI is InChI=1S/C11H10FNO4/c1-17-11(16)13-8-3-4-9(12)7(6-8)2-5-10(14)15/h2-6H,1H3,(H,13,16)(H,14,15)/b5-2+. The number of carboxylic acids is 1. The molecule has 2 N–H and O–H groups in total. The van der Waals surface area contributed by atoms with Crippen LogP contribution in [0, 0.1) is 5.82 Å². The quantitative estimate of drug-likeness (QED) is 0.792. The number of carboxylic acid groups (broad SMARTS) is 1. The largest absolute Gasteiger partial charge is 0.478 e. The third kappa shape index (κ3) is 3.94. The zero-order chi connectivity index (χ0) is 12.8. The highest BCUT2D eigenvalue weighted by Crippen LogP contribution is 2.16. The second-order valence-electron chi connectivity index (χ2n) is 3.02. The van der Waals surface area contributed by atoms with Crippen molar-refractivity contribution in [2.75, 3.05) is 12.4 Å². The lowest BCUT2D eigenvalue weighted by Crippen LogP contribution is -2.11. The number of ether oxygens (including phenoxy) is 1. The van der Waals surface area contributed by atoms with Gasteiger partial charge in [-0.25, -0.2) is 14.0 Å². The van der Waals surface area contributed by atoms with Crippen molar-refractivity contribution >= 4 is 23.8 Å². The van der Waals surface area contributed by atoms with Crippen molar-refractivity contribution in [2.45, 2.75) is 0 Å². The van der Waals surface area contributed by atoms with Gasteiger partial charge in [-0.2, -0.15) is 0 Å². The molecule has 0 saturated heterocycles. The van der Waals surface area contributed by atoms with Gasteiger partial charge < -0.3 is 9.84 Å². The van der Waals surface area contributed by atoms with E-state index in [0.29, 0.717) is 5.69 Å². The van der Waals surface area contributed by atoms with Gasteiger partial charge in [0.25, 0.3) is 0 Å². The molecule has 90 valence electrons. The van der Waals surface area contributed by atoms with Gasteiger partial charge in [0, 0.05) is 17.3 Å². The van der Waals surface area contributed by atoms with Crippen molar-refractivity contribution in [3.05, 3.63) is 35.7 Å². The second kappa shape index (κ2) is 5.64. The fourth-order valence-corrected chi connectivity index (χ4v) is 1.08. The number of rotatable bonds is 3. The molecule has 0 bridgehead atoms. The summed E-state index contributed by atoms with van der Waals surface area (Å²) in [7, 11) is 1.20. The van der Waals surface area contributed by atoms with Gasteiger partial charge in [-0.15, -0.1) is 0 Å². The van der Waals surface area contributed by atoms with E-state index < -0.39 is 17.9 Å². The van der Waals surface area contributed by atoms with E-state index in [4.69, 9.17) is 5.11 Å². The Morgan fingerprint density at radius 3 is 2.76 bits per heavy atom. The number of carbonyl (C=O) groups excluding carboxylic acids is 1. The Kier molecular flexibility index (Phi) is 4.21. The molecule has 0 heterocycles. The predicted octanol–water partition coefficient (Wildman–Crippen LogP) is 2.10. The minimum atomic E-state index is -1.18. The molecule has 0 unspecified atom stereocenters. The molecule has 5 nitrogen and oxygen atoms in total. The molecule has 1 aromatic rings. The van der Waals surface area contributed by atoms with E-state index in [1.807, 2.05) is 0 Å². The lowest BCUT2D eigenvalue weighted by molar-refractivity contribution is -0.131. The van der Waals surface area contributed by atoms with Crippen LogP contribution < -0.4 is 5.32 Å². The number of amides is 1. The number of anilines is 1. The highest BCUT2D eigenvalue weighted by molar-refractivity contribution is 5.87. The second-order valence-corrected chi connectivity index (χ2v) is 3.02. The number of aliphatic carboxylic acids is 1. The number of carbonyl (C=O) groups is 2. The van der Waals surface area contributed by atoms with Gasteiger partial charge in [-0.3, -0.25) is 5.32 Å². The van der Waals surface area contributed by atoms with Crippen LogP contribution in [0.15, 0.2) is 24.3 Å². The Bertz CT molecular complexity index is 471. The van der Waals surface area contributed by atoms with Gasteiger partial charge in [0.2, 0.25) is 0 Å². The summed E-state index contributed by atoms with van der Waals surface area (Å²) < 4.78 is 17.6. The summed E-state index contributed by atoms with van der Waals surface area (Å²) in [6.45, 7) is 0. The molecule has 6 heteroatoms. The lowest BCUT2D eigenvalue weighted by Gasteiger charge is -2.05. The first kappa shape index (κ1) is 12.7. The molecule has 0 spiro atoms. The number of nitrogens with one attached hydrogen (secondary N) is 1. The maximum atomic E-state index is 13.3. The van der Waals surface area contributed by atoms with Gasteiger partial charge in [-0.05, 0) is 24.3 Å². The molecule has 0 fully saturated rings. The van der Waals surface area contributed by atoms with Crippen LogP contribution in [0.3, 0.4) is 0 Å². The molecule has 0 radical (unpaired) electrons. The zero-order valence-corrected chi connectivity index (χ0v) is 8.94. The number of halogens is 1. The molecule has 0 atom stereocenters. The molecule has 1 aromatic carbocycles. The molecule has 0 saturated carbocycles. The van der Waals surface area contributed by atoms with E-state index in [9.17, 15) is 14.0 Å². The number of hydrogen-bond donors (Lipinski definition) is 2. The summed E-state index contributed by atoms with van der Waals surface area (Å²) in [5.41, 5.74) is 0.365. The molecule has 1 amide bonds. The van der Waals surface area contributed by atoms with Crippen LogP contribution in [0.25, 0.3) is 6.08 Å². The van der Waals surface area contributed by atoms with E-state index >= 15 is 0 Å². The molecular weight excluding hydrogens is 229 g/mol. The normalized spacial score (nSPS) is 10.2. The highest BCUT2D eigenvalue weighted by Gasteiger charge is 2.04. The van der Waals surface area contributed by atoms with Gasteiger partial charge in [0.05, 0.1) is 7.11 Å². The third-order valence-corrected chi connectivity index (χ3v) is 1.83. The first-order chi connectivity index (χ1) is 8.02. The van der Waals surface area contributed by atoms with Gasteiger partial charge in [-0.1, -0.05) is 0 Å². The van der Waals surface area contributed by atoms with Gasteiger partial charge in [0.15, 0.2) is 0 Å². The van der Waals surface area contributed by atoms with E-state index in [1.165, 1.54) is 19.2 Å². The minimum Gasteiger partial charge on any atom is -0.478 e. The molecule has 0 aliphatic carbocycles. The third-order valence-electron chi connectivity index (χ3n) is 1.83. The van der Waals surface area contributed by atoms with E-state index in [2.05, 4.69) is 10.1 Å². The van der Waals surface area contributed by atoms with Crippen LogP contribution in [0.5, 0.6) is 0 Å².